The summed E-state index contributed by atoms with van der Waals surface area (Å²) in [5, 5.41) is 0. The molecule has 1 aliphatic carbocycles. The molecule has 1 aromatic carbocycles. The Hall–Kier alpha value is -1.49. The average molecular weight is 282 g/mol. The van der Waals surface area contributed by atoms with Crippen LogP contribution >= 0.6 is 0 Å². The van der Waals surface area contributed by atoms with Crippen molar-refractivity contribution < 1.29 is 13.6 Å². The van der Waals surface area contributed by atoms with Gasteiger partial charge < -0.3 is 10.6 Å². The van der Waals surface area contributed by atoms with Gasteiger partial charge in [0.2, 0.25) is 5.91 Å². The molecule has 1 aliphatic rings. The van der Waals surface area contributed by atoms with Crippen molar-refractivity contribution in [3.8, 4) is 0 Å². The van der Waals surface area contributed by atoms with Crippen LogP contribution in [0.5, 0.6) is 0 Å². The molecule has 3 nitrogen and oxygen atoms in total. The van der Waals surface area contributed by atoms with Gasteiger partial charge in [0.15, 0.2) is 0 Å². The van der Waals surface area contributed by atoms with Gasteiger partial charge in [0.25, 0.3) is 0 Å². The number of hydrogen-bond acceptors (Lipinski definition) is 2. The van der Waals surface area contributed by atoms with E-state index in [0.29, 0.717) is 6.42 Å². The third kappa shape index (κ3) is 2.98. The molecule has 0 aliphatic heterocycles. The minimum absolute atomic E-state index is 0.0471. The lowest BCUT2D eigenvalue weighted by molar-refractivity contribution is -0.136. The van der Waals surface area contributed by atoms with Crippen molar-refractivity contribution >= 4 is 5.91 Å². The second kappa shape index (κ2) is 5.87. The molecule has 0 bridgehead atoms. The Bertz CT molecular complexity index is 507. The van der Waals surface area contributed by atoms with Crippen LogP contribution in [0.4, 0.5) is 8.78 Å². The number of amides is 1. The zero-order valence-electron chi connectivity index (χ0n) is 11.8. The Kier molecular flexibility index (Phi) is 4.38. The van der Waals surface area contributed by atoms with E-state index in [1.807, 2.05) is 0 Å². The molecule has 2 rings (SSSR count). The lowest BCUT2D eigenvalue weighted by Gasteiger charge is -2.28. The van der Waals surface area contributed by atoms with Crippen molar-refractivity contribution in [2.45, 2.75) is 38.3 Å². The van der Waals surface area contributed by atoms with E-state index in [-0.39, 0.29) is 23.4 Å². The van der Waals surface area contributed by atoms with Gasteiger partial charge in [-0.1, -0.05) is 0 Å². The van der Waals surface area contributed by atoms with Gasteiger partial charge in [-0.2, -0.15) is 0 Å². The number of carbonyl (C=O) groups excluding carboxylic acids is 1. The molecule has 1 amide bonds. The lowest BCUT2D eigenvalue weighted by atomic mass is 10.0. The van der Waals surface area contributed by atoms with Crippen LogP contribution in [0.1, 0.15) is 37.8 Å². The van der Waals surface area contributed by atoms with Gasteiger partial charge >= 0.3 is 0 Å². The highest BCUT2D eigenvalue weighted by atomic mass is 19.1. The average Bonchev–Trinajstić information content (AvgIpc) is 2.85. The Morgan fingerprint density at radius 3 is 2.70 bits per heavy atom. The summed E-state index contributed by atoms with van der Waals surface area (Å²) in [6, 6.07) is 2.87. The SMILES string of the molecule is C[C@H](c1cc(F)ccc1F)N(C)C(=O)[C@H]1CC[C@H](N)C1. The third-order valence-corrected chi connectivity index (χ3v) is 4.16. The first kappa shape index (κ1) is 14.9. The molecule has 0 radical (unpaired) electrons. The predicted octanol–water partition coefficient (Wildman–Crippen LogP) is 2.61. The zero-order valence-corrected chi connectivity index (χ0v) is 11.8. The monoisotopic (exact) mass is 282 g/mol. The number of rotatable bonds is 3. The summed E-state index contributed by atoms with van der Waals surface area (Å²) in [5.41, 5.74) is 6.01. The number of benzene rings is 1. The molecule has 0 saturated heterocycles. The van der Waals surface area contributed by atoms with E-state index in [1.165, 1.54) is 4.90 Å². The van der Waals surface area contributed by atoms with Gasteiger partial charge in [-0.25, -0.2) is 8.78 Å². The fraction of sp³-hybridized carbons (Fsp3) is 0.533. The minimum atomic E-state index is -0.505. The van der Waals surface area contributed by atoms with E-state index in [0.717, 1.165) is 31.0 Å². The fourth-order valence-electron chi connectivity index (χ4n) is 2.76. The summed E-state index contributed by atoms with van der Waals surface area (Å²) in [7, 11) is 1.63. The molecule has 5 heteroatoms. The summed E-state index contributed by atoms with van der Waals surface area (Å²) >= 11 is 0. The van der Waals surface area contributed by atoms with Gasteiger partial charge in [0, 0.05) is 24.6 Å². The normalized spacial score (nSPS) is 23.6. The number of nitrogens with zero attached hydrogens (tertiary/aromatic N) is 1. The van der Waals surface area contributed by atoms with Crippen molar-refractivity contribution in [2.24, 2.45) is 11.7 Å². The Morgan fingerprint density at radius 2 is 2.10 bits per heavy atom. The first-order valence-electron chi connectivity index (χ1n) is 6.87. The maximum Gasteiger partial charge on any atom is 0.225 e. The quantitative estimate of drug-likeness (QED) is 0.926. The topological polar surface area (TPSA) is 46.3 Å². The Balaban J connectivity index is 2.13. The molecular formula is C15H20F2N2O. The van der Waals surface area contributed by atoms with Crippen molar-refractivity contribution in [2.75, 3.05) is 7.05 Å². The Morgan fingerprint density at radius 1 is 1.40 bits per heavy atom. The van der Waals surface area contributed by atoms with Gasteiger partial charge in [-0.15, -0.1) is 0 Å². The molecule has 0 unspecified atom stereocenters. The second-order valence-corrected chi connectivity index (χ2v) is 5.56. The van der Waals surface area contributed by atoms with Crippen LogP contribution in [-0.4, -0.2) is 23.9 Å². The van der Waals surface area contributed by atoms with Crippen LogP contribution in [-0.2, 0) is 4.79 Å². The molecule has 1 aromatic rings. The van der Waals surface area contributed by atoms with Crippen LogP contribution in [0.2, 0.25) is 0 Å². The molecular weight excluding hydrogens is 262 g/mol. The Labute approximate surface area is 117 Å². The summed E-state index contributed by atoms with van der Waals surface area (Å²) in [6.45, 7) is 1.70. The van der Waals surface area contributed by atoms with Crippen LogP contribution in [0.25, 0.3) is 0 Å². The van der Waals surface area contributed by atoms with Crippen LogP contribution in [0.15, 0.2) is 18.2 Å². The first-order chi connectivity index (χ1) is 9.40. The molecule has 20 heavy (non-hydrogen) atoms. The standard InChI is InChI=1S/C15H20F2N2O/c1-9(13-8-11(16)4-6-14(13)17)19(2)15(20)10-3-5-12(18)7-10/h4,6,8-10,12H,3,5,7,18H2,1-2H3/t9-,10+,12+/m1/s1. The molecule has 0 aromatic heterocycles. The van der Waals surface area contributed by atoms with Gasteiger partial charge in [-0.3, -0.25) is 4.79 Å². The highest BCUT2D eigenvalue weighted by Crippen LogP contribution is 2.30. The molecule has 1 fully saturated rings. The molecule has 3 atom stereocenters. The van der Waals surface area contributed by atoms with Crippen LogP contribution in [0, 0.1) is 17.6 Å². The predicted molar refractivity (Wildman–Crippen MR) is 72.9 cm³/mol. The van der Waals surface area contributed by atoms with Crippen molar-refractivity contribution in [1.82, 2.24) is 4.90 Å². The number of nitrogens with two attached hydrogens (primary N) is 1. The summed E-state index contributed by atoms with van der Waals surface area (Å²) < 4.78 is 27.0. The van der Waals surface area contributed by atoms with E-state index < -0.39 is 17.7 Å². The van der Waals surface area contributed by atoms with Crippen molar-refractivity contribution in [1.29, 1.82) is 0 Å². The van der Waals surface area contributed by atoms with E-state index >= 15 is 0 Å². The molecule has 1 saturated carbocycles. The highest BCUT2D eigenvalue weighted by Gasteiger charge is 2.32. The minimum Gasteiger partial charge on any atom is -0.339 e. The number of carbonyl (C=O) groups is 1. The molecule has 2 N–H and O–H groups in total. The number of halogens is 2. The zero-order chi connectivity index (χ0) is 14.9. The van der Waals surface area contributed by atoms with E-state index in [1.54, 1.807) is 14.0 Å². The lowest BCUT2D eigenvalue weighted by Crippen LogP contribution is -2.35. The maximum atomic E-state index is 13.8. The van der Waals surface area contributed by atoms with Crippen molar-refractivity contribution in [3.05, 3.63) is 35.4 Å². The summed E-state index contributed by atoms with van der Waals surface area (Å²) in [4.78, 5) is 13.8. The smallest absolute Gasteiger partial charge is 0.225 e. The van der Waals surface area contributed by atoms with E-state index in [4.69, 9.17) is 5.73 Å². The van der Waals surface area contributed by atoms with Gasteiger partial charge in [-0.05, 0) is 44.4 Å². The second-order valence-electron chi connectivity index (χ2n) is 5.56. The van der Waals surface area contributed by atoms with Gasteiger partial charge in [0.1, 0.15) is 11.6 Å². The number of hydrogen-bond donors (Lipinski definition) is 1. The van der Waals surface area contributed by atoms with Crippen LogP contribution < -0.4 is 5.73 Å². The molecule has 0 heterocycles. The van der Waals surface area contributed by atoms with E-state index in [2.05, 4.69) is 0 Å². The first-order valence-corrected chi connectivity index (χ1v) is 6.87. The molecule has 0 spiro atoms. The van der Waals surface area contributed by atoms with Gasteiger partial charge in [0.05, 0.1) is 6.04 Å². The van der Waals surface area contributed by atoms with Crippen molar-refractivity contribution in [3.63, 3.8) is 0 Å². The third-order valence-electron chi connectivity index (χ3n) is 4.16. The fourth-order valence-corrected chi connectivity index (χ4v) is 2.76. The van der Waals surface area contributed by atoms with Crippen LogP contribution in [0.3, 0.4) is 0 Å². The maximum absolute atomic E-state index is 13.8. The summed E-state index contributed by atoms with van der Waals surface area (Å²) in [6.07, 6.45) is 2.27. The largest absolute Gasteiger partial charge is 0.339 e. The van der Waals surface area contributed by atoms with E-state index in [9.17, 15) is 13.6 Å². The molecule has 110 valence electrons. The summed E-state index contributed by atoms with van der Waals surface area (Å²) in [5.74, 6) is -1.15. The highest BCUT2D eigenvalue weighted by molar-refractivity contribution is 5.79.